The molecule has 1 saturated carbocycles. The molecule has 0 saturated heterocycles. The van der Waals surface area contributed by atoms with Gasteiger partial charge in [0.2, 0.25) is 5.91 Å². The van der Waals surface area contributed by atoms with Crippen LogP contribution in [-0.2, 0) is 9.59 Å². The SMILES string of the molecule is Cc1ccc(-c2nc(NC(=O)C3CCCCC3C(=O)O)sc2C)c(C)c1. The first-order chi connectivity index (χ1) is 12.4. The van der Waals surface area contributed by atoms with Gasteiger partial charge >= 0.3 is 5.97 Å². The van der Waals surface area contributed by atoms with Crippen molar-refractivity contribution in [2.75, 3.05) is 5.32 Å². The average Bonchev–Trinajstić information content (AvgIpc) is 2.94. The summed E-state index contributed by atoms with van der Waals surface area (Å²) in [6.07, 6.45) is 2.95. The molecule has 6 heteroatoms. The highest BCUT2D eigenvalue weighted by Crippen LogP contribution is 2.35. The molecule has 1 fully saturated rings. The third-order valence-electron chi connectivity index (χ3n) is 5.08. The molecule has 138 valence electrons. The fraction of sp³-hybridized carbons (Fsp3) is 0.450. The van der Waals surface area contributed by atoms with Crippen molar-refractivity contribution in [1.29, 1.82) is 0 Å². The fourth-order valence-electron chi connectivity index (χ4n) is 3.72. The number of aromatic nitrogens is 1. The molecule has 5 nitrogen and oxygen atoms in total. The summed E-state index contributed by atoms with van der Waals surface area (Å²) in [5, 5.41) is 12.8. The van der Waals surface area contributed by atoms with E-state index in [4.69, 9.17) is 0 Å². The smallest absolute Gasteiger partial charge is 0.307 e. The Hall–Kier alpha value is -2.21. The summed E-state index contributed by atoms with van der Waals surface area (Å²) in [4.78, 5) is 29.7. The van der Waals surface area contributed by atoms with Crippen LogP contribution in [0.1, 0.15) is 41.7 Å². The number of amides is 1. The number of benzene rings is 1. The maximum Gasteiger partial charge on any atom is 0.307 e. The van der Waals surface area contributed by atoms with Gasteiger partial charge < -0.3 is 10.4 Å². The molecule has 0 aliphatic heterocycles. The number of hydrogen-bond donors (Lipinski definition) is 2. The molecule has 2 aromatic rings. The van der Waals surface area contributed by atoms with Crippen LogP contribution in [0.4, 0.5) is 5.13 Å². The van der Waals surface area contributed by atoms with E-state index in [1.165, 1.54) is 16.9 Å². The van der Waals surface area contributed by atoms with Gasteiger partial charge in [-0.2, -0.15) is 0 Å². The summed E-state index contributed by atoms with van der Waals surface area (Å²) in [7, 11) is 0. The average molecular weight is 372 g/mol. The molecule has 0 radical (unpaired) electrons. The van der Waals surface area contributed by atoms with Crippen LogP contribution in [0.15, 0.2) is 18.2 Å². The van der Waals surface area contributed by atoms with Gasteiger partial charge in [0, 0.05) is 10.4 Å². The topological polar surface area (TPSA) is 79.3 Å². The largest absolute Gasteiger partial charge is 0.481 e. The number of carbonyl (C=O) groups excluding carboxylic acids is 1. The summed E-state index contributed by atoms with van der Waals surface area (Å²) in [5.41, 5.74) is 4.28. The third-order valence-corrected chi connectivity index (χ3v) is 5.97. The van der Waals surface area contributed by atoms with E-state index in [0.717, 1.165) is 34.5 Å². The second-order valence-electron chi connectivity index (χ2n) is 7.07. The summed E-state index contributed by atoms with van der Waals surface area (Å²) < 4.78 is 0. The Kier molecular flexibility index (Phi) is 5.41. The number of carboxylic acid groups (broad SMARTS) is 1. The molecular weight excluding hydrogens is 348 g/mol. The van der Waals surface area contributed by atoms with E-state index in [1.807, 2.05) is 6.92 Å². The van der Waals surface area contributed by atoms with Gasteiger partial charge in [-0.1, -0.05) is 36.6 Å². The highest BCUT2D eigenvalue weighted by molar-refractivity contribution is 7.16. The number of nitrogens with one attached hydrogen (secondary N) is 1. The Morgan fingerprint density at radius 2 is 1.85 bits per heavy atom. The third kappa shape index (κ3) is 3.80. The van der Waals surface area contributed by atoms with E-state index in [-0.39, 0.29) is 5.91 Å². The molecule has 0 bridgehead atoms. The first kappa shape index (κ1) is 18.6. The van der Waals surface area contributed by atoms with E-state index in [9.17, 15) is 14.7 Å². The lowest BCUT2D eigenvalue weighted by atomic mass is 9.79. The zero-order chi connectivity index (χ0) is 18.8. The van der Waals surface area contributed by atoms with E-state index < -0.39 is 17.8 Å². The molecule has 1 aliphatic rings. The van der Waals surface area contributed by atoms with Crippen LogP contribution in [0.5, 0.6) is 0 Å². The number of rotatable bonds is 4. The van der Waals surface area contributed by atoms with Crippen LogP contribution < -0.4 is 5.32 Å². The van der Waals surface area contributed by atoms with Crippen LogP contribution in [-0.4, -0.2) is 22.0 Å². The molecule has 3 rings (SSSR count). The van der Waals surface area contributed by atoms with E-state index in [2.05, 4.69) is 42.3 Å². The lowest BCUT2D eigenvalue weighted by molar-refractivity contribution is -0.147. The van der Waals surface area contributed by atoms with Gasteiger partial charge in [-0.25, -0.2) is 4.98 Å². The molecule has 1 amide bonds. The summed E-state index contributed by atoms with van der Waals surface area (Å²) in [6.45, 7) is 6.10. The first-order valence-corrected chi connectivity index (χ1v) is 9.77. The van der Waals surface area contributed by atoms with Crippen molar-refractivity contribution < 1.29 is 14.7 Å². The zero-order valence-electron chi connectivity index (χ0n) is 15.3. The molecule has 0 spiro atoms. The van der Waals surface area contributed by atoms with Gasteiger partial charge in [-0.05, 0) is 39.2 Å². The van der Waals surface area contributed by atoms with E-state index in [0.29, 0.717) is 18.0 Å². The van der Waals surface area contributed by atoms with Gasteiger partial charge in [-0.3, -0.25) is 9.59 Å². The minimum atomic E-state index is -0.879. The standard InChI is InChI=1S/C20H24N2O3S/c1-11-8-9-14(12(2)10-11)17-13(3)26-20(21-17)22-18(23)15-6-4-5-7-16(15)19(24)25/h8-10,15-16H,4-7H2,1-3H3,(H,24,25)(H,21,22,23). The minimum Gasteiger partial charge on any atom is -0.481 e. The number of anilines is 1. The van der Waals surface area contributed by atoms with Gasteiger partial charge in [0.15, 0.2) is 5.13 Å². The molecule has 1 aliphatic carbocycles. The molecule has 2 N–H and O–H groups in total. The Balaban J connectivity index is 1.80. The monoisotopic (exact) mass is 372 g/mol. The van der Waals surface area contributed by atoms with Crippen molar-refractivity contribution >= 4 is 28.3 Å². The van der Waals surface area contributed by atoms with Crippen molar-refractivity contribution in [3.63, 3.8) is 0 Å². The second kappa shape index (κ2) is 7.58. The quantitative estimate of drug-likeness (QED) is 0.824. The van der Waals surface area contributed by atoms with Gasteiger partial charge in [0.05, 0.1) is 17.5 Å². The number of hydrogen-bond acceptors (Lipinski definition) is 4. The van der Waals surface area contributed by atoms with Gasteiger partial charge in [0.1, 0.15) is 0 Å². The number of aryl methyl sites for hydroxylation is 3. The first-order valence-electron chi connectivity index (χ1n) is 8.95. The zero-order valence-corrected chi connectivity index (χ0v) is 16.2. The van der Waals surface area contributed by atoms with Crippen LogP contribution >= 0.6 is 11.3 Å². The fourth-order valence-corrected chi connectivity index (χ4v) is 4.55. The molecular formula is C20H24N2O3S. The maximum atomic E-state index is 12.6. The second-order valence-corrected chi connectivity index (χ2v) is 8.27. The summed E-state index contributed by atoms with van der Waals surface area (Å²) in [6, 6.07) is 6.23. The van der Waals surface area contributed by atoms with Gasteiger partial charge in [-0.15, -0.1) is 11.3 Å². The normalized spacial score (nSPS) is 20.0. The predicted molar refractivity (Wildman–Crippen MR) is 103 cm³/mol. The number of aliphatic carboxylic acids is 1. The molecule has 26 heavy (non-hydrogen) atoms. The van der Waals surface area contributed by atoms with Crippen molar-refractivity contribution in [2.24, 2.45) is 11.8 Å². The Bertz CT molecular complexity index is 844. The lowest BCUT2D eigenvalue weighted by Gasteiger charge is -2.26. The predicted octanol–water partition coefficient (Wildman–Crippen LogP) is 4.56. The number of thiazole rings is 1. The minimum absolute atomic E-state index is 0.224. The molecule has 1 aromatic carbocycles. The molecule has 1 aromatic heterocycles. The number of carbonyl (C=O) groups is 2. The highest BCUT2D eigenvalue weighted by atomic mass is 32.1. The molecule has 1 heterocycles. The van der Waals surface area contributed by atoms with E-state index >= 15 is 0 Å². The summed E-state index contributed by atoms with van der Waals surface area (Å²) >= 11 is 1.43. The van der Waals surface area contributed by atoms with Crippen molar-refractivity contribution in [2.45, 2.75) is 46.5 Å². The van der Waals surface area contributed by atoms with Crippen molar-refractivity contribution in [1.82, 2.24) is 4.98 Å². The van der Waals surface area contributed by atoms with Crippen LogP contribution in [0.2, 0.25) is 0 Å². The molecule has 2 atom stereocenters. The number of carboxylic acids is 1. The van der Waals surface area contributed by atoms with Crippen LogP contribution in [0, 0.1) is 32.6 Å². The molecule has 2 unspecified atom stereocenters. The van der Waals surface area contributed by atoms with Crippen molar-refractivity contribution in [3.05, 3.63) is 34.2 Å². The number of nitrogens with zero attached hydrogens (tertiary/aromatic N) is 1. The van der Waals surface area contributed by atoms with Crippen molar-refractivity contribution in [3.8, 4) is 11.3 Å². The lowest BCUT2D eigenvalue weighted by Crippen LogP contribution is -2.36. The Morgan fingerprint density at radius 1 is 1.15 bits per heavy atom. The highest BCUT2D eigenvalue weighted by Gasteiger charge is 2.36. The maximum absolute atomic E-state index is 12.6. The summed E-state index contributed by atoms with van der Waals surface area (Å²) in [5.74, 6) is -2.17. The van der Waals surface area contributed by atoms with Crippen LogP contribution in [0.3, 0.4) is 0 Å². The Labute approximate surface area is 157 Å². The Morgan fingerprint density at radius 3 is 2.50 bits per heavy atom. The van der Waals surface area contributed by atoms with Crippen LogP contribution in [0.25, 0.3) is 11.3 Å². The van der Waals surface area contributed by atoms with Gasteiger partial charge in [0.25, 0.3) is 0 Å². The van der Waals surface area contributed by atoms with E-state index in [1.54, 1.807) is 0 Å².